The van der Waals surface area contributed by atoms with Gasteiger partial charge in [0.1, 0.15) is 0 Å². The number of hydrogen-bond donors (Lipinski definition) is 0. The molecule has 19 heavy (non-hydrogen) atoms. The molecule has 1 aliphatic carbocycles. The number of carbonyl (C=O) groups is 1. The molecule has 1 heterocycles. The second-order valence-corrected chi connectivity index (χ2v) is 6.50. The average molecular weight is 337 g/mol. The minimum Gasteiger partial charge on any atom is -0.291 e. The maximum Gasteiger partial charge on any atom is 0.232 e. The molecule has 0 saturated heterocycles. The summed E-state index contributed by atoms with van der Waals surface area (Å²) >= 11 is 4.92. The molecular weight excluding hydrogens is 324 g/mol. The van der Waals surface area contributed by atoms with Crippen molar-refractivity contribution in [2.24, 2.45) is 5.92 Å². The summed E-state index contributed by atoms with van der Waals surface area (Å²) in [5, 5.41) is 2.66. The Labute approximate surface area is 124 Å². The highest BCUT2D eigenvalue weighted by Crippen LogP contribution is 2.48. The van der Waals surface area contributed by atoms with Gasteiger partial charge in [0.25, 0.3) is 0 Å². The number of nitrogens with zero attached hydrogens (tertiary/aromatic N) is 2. The van der Waals surface area contributed by atoms with Gasteiger partial charge in [-0.05, 0) is 30.0 Å². The van der Waals surface area contributed by atoms with E-state index in [2.05, 4.69) is 33.0 Å². The second-order valence-electron chi connectivity index (χ2n) is 4.71. The monoisotopic (exact) mass is 336 g/mol. The van der Waals surface area contributed by atoms with Gasteiger partial charge in [-0.2, -0.15) is 0 Å². The number of rotatable bonds is 3. The van der Waals surface area contributed by atoms with E-state index in [-0.39, 0.29) is 11.8 Å². The van der Waals surface area contributed by atoms with Crippen molar-refractivity contribution in [2.75, 3.05) is 11.9 Å². The smallest absolute Gasteiger partial charge is 0.232 e. The van der Waals surface area contributed by atoms with Crippen molar-refractivity contribution in [3.63, 3.8) is 0 Å². The lowest BCUT2D eigenvalue weighted by molar-refractivity contribution is -0.119. The standard InChI is InChI=1S/C14H13BrN2OS/c1-17(14-16-6-7-19-14)13(18)12-8-11(12)9-2-4-10(15)5-3-9/h2-7,11-12H,8H2,1H3/t11-,12+/m0/s1. The van der Waals surface area contributed by atoms with Crippen LogP contribution >= 0.6 is 27.3 Å². The Morgan fingerprint density at radius 2 is 2.16 bits per heavy atom. The normalized spacial score (nSPS) is 21.2. The summed E-state index contributed by atoms with van der Waals surface area (Å²) < 4.78 is 1.07. The molecule has 1 aliphatic rings. The molecular formula is C14H13BrN2OS. The third-order valence-corrected chi connectivity index (χ3v) is 4.82. The number of aromatic nitrogens is 1. The summed E-state index contributed by atoms with van der Waals surface area (Å²) in [6.07, 6.45) is 2.67. The fourth-order valence-corrected chi connectivity index (χ4v) is 3.15. The van der Waals surface area contributed by atoms with Crippen LogP contribution in [0.1, 0.15) is 17.9 Å². The van der Waals surface area contributed by atoms with E-state index in [0.29, 0.717) is 5.92 Å². The van der Waals surface area contributed by atoms with Crippen molar-refractivity contribution in [1.82, 2.24) is 4.98 Å². The van der Waals surface area contributed by atoms with Crippen LogP contribution in [-0.4, -0.2) is 17.9 Å². The van der Waals surface area contributed by atoms with Crippen LogP contribution in [0.4, 0.5) is 5.13 Å². The Morgan fingerprint density at radius 1 is 1.42 bits per heavy atom. The molecule has 1 fully saturated rings. The van der Waals surface area contributed by atoms with Crippen LogP contribution in [0.5, 0.6) is 0 Å². The molecule has 98 valence electrons. The first-order valence-electron chi connectivity index (χ1n) is 6.09. The van der Waals surface area contributed by atoms with Crippen molar-refractivity contribution in [1.29, 1.82) is 0 Å². The van der Waals surface area contributed by atoms with Crippen LogP contribution in [0.25, 0.3) is 0 Å². The minimum absolute atomic E-state index is 0.107. The first-order valence-corrected chi connectivity index (χ1v) is 7.76. The molecule has 3 nitrogen and oxygen atoms in total. The molecule has 1 saturated carbocycles. The molecule has 0 radical (unpaired) electrons. The number of carbonyl (C=O) groups excluding carboxylic acids is 1. The molecule has 2 atom stereocenters. The predicted molar refractivity (Wildman–Crippen MR) is 80.5 cm³/mol. The van der Waals surface area contributed by atoms with Crippen LogP contribution in [0.2, 0.25) is 0 Å². The Morgan fingerprint density at radius 3 is 2.79 bits per heavy atom. The van der Waals surface area contributed by atoms with E-state index in [9.17, 15) is 4.79 Å². The first-order chi connectivity index (χ1) is 9.16. The van der Waals surface area contributed by atoms with Gasteiger partial charge in [-0.3, -0.25) is 9.69 Å². The van der Waals surface area contributed by atoms with E-state index in [1.54, 1.807) is 18.1 Å². The number of halogens is 1. The van der Waals surface area contributed by atoms with Gasteiger partial charge in [0.2, 0.25) is 5.91 Å². The zero-order chi connectivity index (χ0) is 13.4. The van der Waals surface area contributed by atoms with E-state index in [1.165, 1.54) is 16.9 Å². The summed E-state index contributed by atoms with van der Waals surface area (Å²) in [4.78, 5) is 18.2. The maximum absolute atomic E-state index is 12.3. The molecule has 1 aromatic carbocycles. The Balaban J connectivity index is 1.69. The fraction of sp³-hybridized carbons (Fsp3) is 0.286. The minimum atomic E-state index is 0.107. The zero-order valence-electron chi connectivity index (χ0n) is 10.4. The van der Waals surface area contributed by atoms with Crippen LogP contribution in [0.3, 0.4) is 0 Å². The van der Waals surface area contributed by atoms with Gasteiger partial charge in [-0.25, -0.2) is 4.98 Å². The molecule has 0 unspecified atom stereocenters. The Hall–Kier alpha value is -1.20. The van der Waals surface area contributed by atoms with E-state index < -0.39 is 0 Å². The summed E-state index contributed by atoms with van der Waals surface area (Å²) in [5.74, 6) is 0.640. The highest BCUT2D eigenvalue weighted by Gasteiger charge is 2.45. The fourth-order valence-electron chi connectivity index (χ4n) is 2.27. The zero-order valence-corrected chi connectivity index (χ0v) is 12.8. The lowest BCUT2D eigenvalue weighted by atomic mass is 10.1. The van der Waals surface area contributed by atoms with Crippen molar-refractivity contribution < 1.29 is 4.79 Å². The lowest BCUT2D eigenvalue weighted by Gasteiger charge is -2.13. The molecule has 0 spiro atoms. The van der Waals surface area contributed by atoms with E-state index in [1.807, 2.05) is 17.5 Å². The predicted octanol–water partition coefficient (Wildman–Crippen LogP) is 3.67. The van der Waals surface area contributed by atoms with Crippen LogP contribution in [-0.2, 0) is 4.79 Å². The largest absolute Gasteiger partial charge is 0.291 e. The first kappa shape index (κ1) is 12.8. The van der Waals surface area contributed by atoms with Gasteiger partial charge in [0, 0.05) is 29.0 Å². The lowest BCUT2D eigenvalue weighted by Crippen LogP contribution is -2.28. The summed E-state index contributed by atoms with van der Waals surface area (Å²) in [5.41, 5.74) is 1.24. The van der Waals surface area contributed by atoms with Gasteiger partial charge >= 0.3 is 0 Å². The Bertz CT molecular complexity index is 582. The summed E-state index contributed by atoms with van der Waals surface area (Å²) in [6, 6.07) is 8.23. The van der Waals surface area contributed by atoms with Crippen LogP contribution < -0.4 is 4.90 Å². The van der Waals surface area contributed by atoms with E-state index in [4.69, 9.17) is 0 Å². The molecule has 3 rings (SSSR count). The maximum atomic E-state index is 12.3. The van der Waals surface area contributed by atoms with Crippen molar-refractivity contribution in [3.8, 4) is 0 Å². The molecule has 1 amide bonds. The topological polar surface area (TPSA) is 33.2 Å². The highest BCUT2D eigenvalue weighted by atomic mass is 79.9. The SMILES string of the molecule is CN(C(=O)[C@@H]1C[C@H]1c1ccc(Br)cc1)c1nccs1. The Kier molecular flexibility index (Phi) is 3.41. The average Bonchev–Trinajstić information content (AvgIpc) is 3.02. The van der Waals surface area contributed by atoms with Gasteiger partial charge in [-0.1, -0.05) is 28.1 Å². The van der Waals surface area contributed by atoms with Crippen molar-refractivity contribution in [2.45, 2.75) is 12.3 Å². The van der Waals surface area contributed by atoms with Gasteiger partial charge < -0.3 is 0 Å². The van der Waals surface area contributed by atoms with Gasteiger partial charge in [0.05, 0.1) is 0 Å². The quantitative estimate of drug-likeness (QED) is 0.856. The van der Waals surface area contributed by atoms with Gasteiger partial charge in [-0.15, -0.1) is 11.3 Å². The van der Waals surface area contributed by atoms with Crippen LogP contribution in [0.15, 0.2) is 40.3 Å². The summed E-state index contributed by atoms with van der Waals surface area (Å²) in [6.45, 7) is 0. The van der Waals surface area contributed by atoms with Crippen molar-refractivity contribution >= 4 is 38.3 Å². The molecule has 2 aromatic rings. The second kappa shape index (κ2) is 5.06. The number of hydrogen-bond acceptors (Lipinski definition) is 3. The number of anilines is 1. The molecule has 0 bridgehead atoms. The van der Waals surface area contributed by atoms with E-state index in [0.717, 1.165) is 16.0 Å². The summed E-state index contributed by atoms with van der Waals surface area (Å²) in [7, 11) is 1.80. The molecule has 0 N–H and O–H groups in total. The number of amides is 1. The number of thiazole rings is 1. The third kappa shape index (κ3) is 2.58. The molecule has 5 heteroatoms. The number of benzene rings is 1. The van der Waals surface area contributed by atoms with E-state index >= 15 is 0 Å². The molecule has 0 aliphatic heterocycles. The highest BCUT2D eigenvalue weighted by molar-refractivity contribution is 9.10. The van der Waals surface area contributed by atoms with Gasteiger partial charge in [0.15, 0.2) is 5.13 Å². The molecule has 1 aromatic heterocycles. The van der Waals surface area contributed by atoms with Crippen molar-refractivity contribution in [3.05, 3.63) is 45.9 Å². The third-order valence-electron chi connectivity index (χ3n) is 3.44. The van der Waals surface area contributed by atoms with Crippen LogP contribution in [0, 0.1) is 5.92 Å².